The van der Waals surface area contributed by atoms with Gasteiger partial charge in [-0.3, -0.25) is 9.58 Å². The highest BCUT2D eigenvalue weighted by Crippen LogP contribution is 2.12. The molecule has 3 heteroatoms. The molecule has 1 aliphatic rings. The van der Waals surface area contributed by atoms with E-state index in [-0.39, 0.29) is 0 Å². The molecule has 0 aromatic carbocycles. The molecule has 0 aliphatic carbocycles. The van der Waals surface area contributed by atoms with Crippen LogP contribution in [0.15, 0.2) is 12.3 Å². The molecule has 0 fully saturated rings. The van der Waals surface area contributed by atoms with E-state index in [4.69, 9.17) is 0 Å². The molecular formula is C9H15N3. The molecule has 0 atom stereocenters. The number of nitrogens with zero attached hydrogens (tertiary/aromatic N) is 3. The van der Waals surface area contributed by atoms with Crippen LogP contribution in [0.3, 0.4) is 0 Å². The van der Waals surface area contributed by atoms with Crippen molar-refractivity contribution in [2.45, 2.75) is 33.0 Å². The van der Waals surface area contributed by atoms with Crippen molar-refractivity contribution in [3.8, 4) is 0 Å². The van der Waals surface area contributed by atoms with Crippen molar-refractivity contribution in [3.05, 3.63) is 18.0 Å². The summed E-state index contributed by atoms with van der Waals surface area (Å²) in [5.74, 6) is 0. The lowest BCUT2D eigenvalue weighted by molar-refractivity contribution is 0.171. The van der Waals surface area contributed by atoms with Gasteiger partial charge in [0.2, 0.25) is 0 Å². The maximum absolute atomic E-state index is 4.24. The predicted molar refractivity (Wildman–Crippen MR) is 47.8 cm³/mol. The van der Waals surface area contributed by atoms with Crippen molar-refractivity contribution >= 4 is 0 Å². The maximum atomic E-state index is 4.24. The molecule has 12 heavy (non-hydrogen) atoms. The van der Waals surface area contributed by atoms with Gasteiger partial charge in [-0.2, -0.15) is 5.10 Å². The first-order chi connectivity index (χ1) is 5.77. The summed E-state index contributed by atoms with van der Waals surface area (Å²) in [7, 11) is 0. The number of aromatic nitrogens is 2. The molecule has 0 spiro atoms. The van der Waals surface area contributed by atoms with E-state index < -0.39 is 0 Å². The Kier molecular flexibility index (Phi) is 1.89. The van der Waals surface area contributed by atoms with Crippen molar-refractivity contribution in [3.63, 3.8) is 0 Å². The van der Waals surface area contributed by atoms with E-state index in [2.05, 4.69) is 34.6 Å². The highest BCUT2D eigenvalue weighted by Gasteiger charge is 2.17. The monoisotopic (exact) mass is 165 g/mol. The summed E-state index contributed by atoms with van der Waals surface area (Å²) >= 11 is 0. The van der Waals surface area contributed by atoms with Gasteiger partial charge in [-0.05, 0) is 19.9 Å². The number of hydrogen-bond donors (Lipinski definition) is 0. The molecule has 0 saturated carbocycles. The highest BCUT2D eigenvalue weighted by molar-refractivity contribution is 5.02. The summed E-state index contributed by atoms with van der Waals surface area (Å²) in [5, 5.41) is 4.24. The Hall–Kier alpha value is -0.830. The van der Waals surface area contributed by atoms with Crippen LogP contribution in [0.5, 0.6) is 0 Å². The Bertz CT molecular complexity index is 264. The quantitative estimate of drug-likeness (QED) is 0.621. The largest absolute Gasteiger partial charge is 0.293 e. The molecule has 0 N–H and O–H groups in total. The summed E-state index contributed by atoms with van der Waals surface area (Å²) in [6.07, 6.45) is 1.89. The molecule has 0 radical (unpaired) electrons. The first-order valence-electron chi connectivity index (χ1n) is 4.52. The van der Waals surface area contributed by atoms with Crippen molar-refractivity contribution in [2.24, 2.45) is 0 Å². The van der Waals surface area contributed by atoms with E-state index in [1.807, 2.05) is 6.20 Å². The molecule has 3 nitrogen and oxygen atoms in total. The van der Waals surface area contributed by atoms with Crippen LogP contribution in [0.1, 0.15) is 19.5 Å². The molecule has 0 saturated heterocycles. The Balaban J connectivity index is 2.15. The maximum Gasteiger partial charge on any atom is 0.0540 e. The second kappa shape index (κ2) is 2.90. The SMILES string of the molecule is CC(C)N1CCn2nccc2C1. The van der Waals surface area contributed by atoms with Crippen LogP contribution in [0.25, 0.3) is 0 Å². The Morgan fingerprint density at radius 1 is 1.42 bits per heavy atom. The van der Waals surface area contributed by atoms with Crippen LogP contribution >= 0.6 is 0 Å². The molecule has 2 rings (SSSR count). The molecule has 0 unspecified atom stereocenters. The lowest BCUT2D eigenvalue weighted by atomic mass is 10.2. The zero-order valence-electron chi connectivity index (χ0n) is 7.70. The third kappa shape index (κ3) is 1.25. The molecule has 1 aliphatic heterocycles. The minimum absolute atomic E-state index is 0.647. The van der Waals surface area contributed by atoms with Gasteiger partial charge in [-0.1, -0.05) is 0 Å². The van der Waals surface area contributed by atoms with Gasteiger partial charge in [-0.25, -0.2) is 0 Å². The lowest BCUT2D eigenvalue weighted by Crippen LogP contribution is -2.38. The summed E-state index contributed by atoms with van der Waals surface area (Å²) in [5.41, 5.74) is 1.34. The standard InChI is InChI=1S/C9H15N3/c1-8(2)11-5-6-12-9(7-11)3-4-10-12/h3-4,8H,5-7H2,1-2H3. The Labute approximate surface area is 73.0 Å². The van der Waals surface area contributed by atoms with Crippen molar-refractivity contribution in [1.29, 1.82) is 0 Å². The predicted octanol–water partition coefficient (Wildman–Crippen LogP) is 1.11. The average Bonchev–Trinajstić information content (AvgIpc) is 2.49. The van der Waals surface area contributed by atoms with E-state index in [9.17, 15) is 0 Å². The van der Waals surface area contributed by atoms with Crippen LogP contribution in [-0.2, 0) is 13.1 Å². The fourth-order valence-electron chi connectivity index (χ4n) is 1.65. The minimum Gasteiger partial charge on any atom is -0.293 e. The van der Waals surface area contributed by atoms with Crippen LogP contribution in [0, 0.1) is 0 Å². The molecular weight excluding hydrogens is 150 g/mol. The summed E-state index contributed by atoms with van der Waals surface area (Å²) in [4.78, 5) is 2.47. The van der Waals surface area contributed by atoms with Gasteiger partial charge in [0.15, 0.2) is 0 Å². The molecule has 0 bridgehead atoms. The first-order valence-corrected chi connectivity index (χ1v) is 4.52. The van der Waals surface area contributed by atoms with Crippen molar-refractivity contribution < 1.29 is 0 Å². The van der Waals surface area contributed by atoms with Gasteiger partial charge < -0.3 is 0 Å². The topological polar surface area (TPSA) is 21.1 Å². The Morgan fingerprint density at radius 3 is 3.00 bits per heavy atom. The number of fused-ring (bicyclic) bond motifs is 1. The van der Waals surface area contributed by atoms with Gasteiger partial charge in [0.1, 0.15) is 0 Å². The zero-order chi connectivity index (χ0) is 8.55. The lowest BCUT2D eigenvalue weighted by Gasteiger charge is -2.30. The van der Waals surface area contributed by atoms with Crippen LogP contribution in [0.4, 0.5) is 0 Å². The van der Waals surface area contributed by atoms with Gasteiger partial charge in [0.05, 0.1) is 12.2 Å². The van der Waals surface area contributed by atoms with E-state index in [0.717, 1.165) is 19.6 Å². The molecule has 2 heterocycles. The summed E-state index contributed by atoms with van der Waals surface area (Å²) < 4.78 is 2.10. The highest BCUT2D eigenvalue weighted by atomic mass is 15.3. The normalized spacial score (nSPS) is 18.2. The fourth-order valence-corrected chi connectivity index (χ4v) is 1.65. The molecule has 0 amide bonds. The average molecular weight is 165 g/mol. The second-order valence-corrected chi connectivity index (χ2v) is 3.61. The van der Waals surface area contributed by atoms with Crippen LogP contribution in [-0.4, -0.2) is 27.3 Å². The van der Waals surface area contributed by atoms with Gasteiger partial charge in [-0.15, -0.1) is 0 Å². The van der Waals surface area contributed by atoms with Crippen molar-refractivity contribution in [2.75, 3.05) is 6.54 Å². The third-order valence-electron chi connectivity index (χ3n) is 2.50. The second-order valence-electron chi connectivity index (χ2n) is 3.61. The third-order valence-corrected chi connectivity index (χ3v) is 2.50. The minimum atomic E-state index is 0.647. The zero-order valence-corrected chi connectivity index (χ0v) is 7.70. The van der Waals surface area contributed by atoms with Crippen LogP contribution < -0.4 is 0 Å². The smallest absolute Gasteiger partial charge is 0.0540 e. The summed E-state index contributed by atoms with van der Waals surface area (Å²) in [6, 6.07) is 2.75. The fraction of sp³-hybridized carbons (Fsp3) is 0.667. The van der Waals surface area contributed by atoms with Gasteiger partial charge >= 0.3 is 0 Å². The van der Waals surface area contributed by atoms with E-state index in [1.54, 1.807) is 0 Å². The molecule has 1 aromatic heterocycles. The van der Waals surface area contributed by atoms with Gasteiger partial charge in [0, 0.05) is 25.3 Å². The number of hydrogen-bond acceptors (Lipinski definition) is 2. The molecule has 1 aromatic rings. The van der Waals surface area contributed by atoms with E-state index >= 15 is 0 Å². The first kappa shape index (κ1) is 7.80. The number of rotatable bonds is 1. The van der Waals surface area contributed by atoms with Crippen LogP contribution in [0.2, 0.25) is 0 Å². The van der Waals surface area contributed by atoms with E-state index in [1.165, 1.54) is 5.69 Å². The van der Waals surface area contributed by atoms with Gasteiger partial charge in [0.25, 0.3) is 0 Å². The summed E-state index contributed by atoms with van der Waals surface area (Å²) in [6.45, 7) is 7.71. The van der Waals surface area contributed by atoms with Crippen molar-refractivity contribution in [1.82, 2.24) is 14.7 Å². The Morgan fingerprint density at radius 2 is 2.25 bits per heavy atom. The molecule has 66 valence electrons. The van der Waals surface area contributed by atoms with E-state index in [0.29, 0.717) is 6.04 Å².